The molecule has 1 aromatic heterocycles. The second-order valence-electron chi connectivity index (χ2n) is 5.76. The molecule has 1 aromatic carbocycles. The number of carboxylic acid groups (broad SMARTS) is 1. The first-order chi connectivity index (χ1) is 11.3. The number of nitrogens with one attached hydrogen (secondary N) is 1. The molecule has 1 amide bonds. The third kappa shape index (κ3) is 4.55. The van der Waals surface area contributed by atoms with E-state index in [4.69, 9.17) is 9.84 Å². The molecule has 2 rings (SSSR count). The lowest BCUT2D eigenvalue weighted by atomic mass is 10.1. The van der Waals surface area contributed by atoms with Crippen LogP contribution in [-0.4, -0.2) is 34.1 Å². The molecule has 0 saturated heterocycles. The van der Waals surface area contributed by atoms with Gasteiger partial charge in [-0.1, -0.05) is 0 Å². The average Bonchev–Trinajstić information content (AvgIpc) is 2.96. The number of amides is 1. The molecular weight excluding hydrogens is 328 g/mol. The van der Waals surface area contributed by atoms with Crippen molar-refractivity contribution in [2.24, 2.45) is 0 Å². The third-order valence-corrected chi connectivity index (χ3v) is 4.23. The van der Waals surface area contributed by atoms with Crippen LogP contribution in [-0.2, 0) is 16.0 Å². The number of nitrogens with zero attached hydrogens (tertiary/aromatic N) is 1. The Labute approximate surface area is 144 Å². The molecule has 0 aliphatic carbocycles. The van der Waals surface area contributed by atoms with E-state index in [1.54, 1.807) is 5.38 Å². The molecule has 0 saturated carbocycles. The zero-order valence-corrected chi connectivity index (χ0v) is 14.6. The van der Waals surface area contributed by atoms with E-state index in [0.717, 1.165) is 16.3 Å². The number of aliphatic carboxylic acids is 1. The highest BCUT2D eigenvalue weighted by molar-refractivity contribution is 7.13. The fourth-order valence-electron chi connectivity index (χ4n) is 1.99. The molecule has 0 radical (unpaired) electrons. The summed E-state index contributed by atoms with van der Waals surface area (Å²) in [6.45, 7) is 5.43. The van der Waals surface area contributed by atoms with Gasteiger partial charge in [-0.2, -0.15) is 0 Å². The number of carbonyl (C=O) groups is 2. The number of carboxylic acids is 1. The average molecular weight is 348 g/mol. The molecule has 0 aliphatic heterocycles. The van der Waals surface area contributed by atoms with Crippen LogP contribution in [0.15, 0.2) is 29.6 Å². The highest BCUT2D eigenvalue weighted by Crippen LogP contribution is 2.26. The van der Waals surface area contributed by atoms with Crippen molar-refractivity contribution in [3.63, 3.8) is 0 Å². The molecule has 0 atom stereocenters. The van der Waals surface area contributed by atoms with Gasteiger partial charge in [0.2, 0.25) is 5.91 Å². The zero-order chi connectivity index (χ0) is 17.7. The van der Waals surface area contributed by atoms with E-state index in [-0.39, 0.29) is 12.3 Å². The van der Waals surface area contributed by atoms with Crippen LogP contribution in [0.25, 0.3) is 10.6 Å². The Morgan fingerprint density at radius 3 is 2.54 bits per heavy atom. The smallest absolute Gasteiger partial charge is 0.328 e. The van der Waals surface area contributed by atoms with Crippen LogP contribution in [0.2, 0.25) is 0 Å². The first kappa shape index (κ1) is 17.9. The second-order valence-corrected chi connectivity index (χ2v) is 6.61. The van der Waals surface area contributed by atoms with Gasteiger partial charge in [0.15, 0.2) is 0 Å². The SMILES string of the molecule is CCOc1ccc(-c2nc(CC(=O)NC(C)(C)C(=O)O)cs2)cc1. The number of ether oxygens (including phenoxy) is 1. The minimum atomic E-state index is -1.30. The highest BCUT2D eigenvalue weighted by atomic mass is 32.1. The predicted molar refractivity (Wildman–Crippen MR) is 92.3 cm³/mol. The monoisotopic (exact) mass is 348 g/mol. The Kier molecular flexibility index (Phi) is 5.56. The van der Waals surface area contributed by atoms with E-state index in [0.29, 0.717) is 12.3 Å². The first-order valence-corrected chi connectivity index (χ1v) is 8.42. The quantitative estimate of drug-likeness (QED) is 0.803. The van der Waals surface area contributed by atoms with Gasteiger partial charge in [-0.05, 0) is 45.0 Å². The van der Waals surface area contributed by atoms with Gasteiger partial charge in [-0.15, -0.1) is 11.3 Å². The minimum Gasteiger partial charge on any atom is -0.494 e. The lowest BCUT2D eigenvalue weighted by molar-refractivity contribution is -0.145. The Bertz CT molecular complexity index is 722. The Morgan fingerprint density at radius 1 is 1.29 bits per heavy atom. The second kappa shape index (κ2) is 7.44. The molecule has 0 aliphatic rings. The molecule has 1 heterocycles. The number of hydrogen-bond acceptors (Lipinski definition) is 5. The number of hydrogen-bond donors (Lipinski definition) is 2. The number of aromatic nitrogens is 1. The van der Waals surface area contributed by atoms with Crippen molar-refractivity contribution in [1.29, 1.82) is 0 Å². The van der Waals surface area contributed by atoms with Gasteiger partial charge in [-0.3, -0.25) is 4.79 Å². The van der Waals surface area contributed by atoms with Crippen LogP contribution in [0.1, 0.15) is 26.5 Å². The molecule has 128 valence electrons. The van der Waals surface area contributed by atoms with Crippen molar-refractivity contribution in [1.82, 2.24) is 10.3 Å². The number of benzene rings is 1. The summed E-state index contributed by atoms with van der Waals surface area (Å²) in [4.78, 5) is 27.4. The van der Waals surface area contributed by atoms with E-state index >= 15 is 0 Å². The van der Waals surface area contributed by atoms with Gasteiger partial charge in [0.25, 0.3) is 0 Å². The predicted octanol–water partition coefficient (Wildman–Crippen LogP) is 2.73. The Hall–Kier alpha value is -2.41. The molecule has 0 bridgehead atoms. The van der Waals surface area contributed by atoms with Crippen molar-refractivity contribution in [3.05, 3.63) is 35.3 Å². The van der Waals surface area contributed by atoms with Crippen LogP contribution in [0.4, 0.5) is 0 Å². The number of rotatable bonds is 7. The minimum absolute atomic E-state index is 0.0459. The lowest BCUT2D eigenvalue weighted by Crippen LogP contribution is -2.50. The van der Waals surface area contributed by atoms with E-state index in [2.05, 4.69) is 10.3 Å². The van der Waals surface area contributed by atoms with Crippen molar-refractivity contribution >= 4 is 23.2 Å². The summed E-state index contributed by atoms with van der Waals surface area (Å²) in [5.74, 6) is -0.650. The summed E-state index contributed by atoms with van der Waals surface area (Å²) in [6.07, 6.45) is 0.0459. The molecular formula is C17H20N2O4S. The third-order valence-electron chi connectivity index (χ3n) is 3.29. The largest absolute Gasteiger partial charge is 0.494 e. The lowest BCUT2D eigenvalue weighted by Gasteiger charge is -2.20. The summed E-state index contributed by atoms with van der Waals surface area (Å²) < 4.78 is 5.40. The highest BCUT2D eigenvalue weighted by Gasteiger charge is 2.29. The molecule has 0 fully saturated rings. The van der Waals surface area contributed by atoms with Gasteiger partial charge in [0, 0.05) is 10.9 Å². The van der Waals surface area contributed by atoms with Crippen LogP contribution >= 0.6 is 11.3 Å². The summed E-state index contributed by atoms with van der Waals surface area (Å²) in [5.41, 5.74) is 0.258. The van der Waals surface area contributed by atoms with Gasteiger partial charge >= 0.3 is 5.97 Å². The van der Waals surface area contributed by atoms with E-state index in [9.17, 15) is 9.59 Å². The van der Waals surface area contributed by atoms with E-state index in [1.165, 1.54) is 25.2 Å². The van der Waals surface area contributed by atoms with Gasteiger partial charge in [-0.25, -0.2) is 9.78 Å². The molecule has 6 nitrogen and oxygen atoms in total. The van der Waals surface area contributed by atoms with Crippen LogP contribution in [0, 0.1) is 0 Å². The normalized spacial score (nSPS) is 11.1. The summed E-state index contributed by atoms with van der Waals surface area (Å²) in [5, 5.41) is 14.1. The van der Waals surface area contributed by atoms with Crippen molar-refractivity contribution in [2.75, 3.05) is 6.61 Å². The molecule has 0 unspecified atom stereocenters. The molecule has 24 heavy (non-hydrogen) atoms. The topological polar surface area (TPSA) is 88.5 Å². The van der Waals surface area contributed by atoms with Crippen LogP contribution in [0.5, 0.6) is 5.75 Å². The molecule has 0 spiro atoms. The van der Waals surface area contributed by atoms with Crippen LogP contribution in [0.3, 0.4) is 0 Å². The standard InChI is InChI=1S/C17H20N2O4S/c1-4-23-13-7-5-11(6-8-13)15-18-12(10-24-15)9-14(20)19-17(2,3)16(21)22/h5-8,10H,4,9H2,1-3H3,(H,19,20)(H,21,22). The fourth-order valence-corrected chi connectivity index (χ4v) is 2.82. The van der Waals surface area contributed by atoms with Gasteiger partial charge in [0.05, 0.1) is 18.7 Å². The van der Waals surface area contributed by atoms with Crippen LogP contribution < -0.4 is 10.1 Å². The summed E-state index contributed by atoms with van der Waals surface area (Å²) in [6, 6.07) is 7.59. The molecule has 2 N–H and O–H groups in total. The van der Waals surface area contributed by atoms with Gasteiger partial charge < -0.3 is 15.2 Å². The summed E-state index contributed by atoms with van der Waals surface area (Å²) in [7, 11) is 0. The maximum absolute atomic E-state index is 12.0. The maximum atomic E-state index is 12.0. The maximum Gasteiger partial charge on any atom is 0.328 e. The van der Waals surface area contributed by atoms with Crippen molar-refractivity contribution < 1.29 is 19.4 Å². The zero-order valence-electron chi connectivity index (χ0n) is 13.8. The van der Waals surface area contributed by atoms with E-state index in [1.807, 2.05) is 31.2 Å². The summed E-state index contributed by atoms with van der Waals surface area (Å²) >= 11 is 1.44. The van der Waals surface area contributed by atoms with Crippen molar-refractivity contribution in [2.45, 2.75) is 32.7 Å². The Balaban J connectivity index is 2.02. The van der Waals surface area contributed by atoms with Crippen molar-refractivity contribution in [3.8, 4) is 16.3 Å². The number of carbonyl (C=O) groups excluding carboxylic acids is 1. The molecule has 2 aromatic rings. The number of thiazole rings is 1. The van der Waals surface area contributed by atoms with Gasteiger partial charge in [0.1, 0.15) is 16.3 Å². The Morgan fingerprint density at radius 2 is 1.96 bits per heavy atom. The first-order valence-electron chi connectivity index (χ1n) is 7.54. The van der Waals surface area contributed by atoms with E-state index < -0.39 is 11.5 Å². The molecule has 7 heteroatoms. The fraction of sp³-hybridized carbons (Fsp3) is 0.353.